The van der Waals surface area contributed by atoms with Crippen molar-refractivity contribution >= 4 is 17.5 Å². The number of amides is 2. The van der Waals surface area contributed by atoms with Crippen LogP contribution in [0.25, 0.3) is 0 Å². The number of carbonyl (C=O) groups is 2. The molecule has 126 valence electrons. The van der Waals surface area contributed by atoms with Crippen molar-refractivity contribution in [2.24, 2.45) is 5.92 Å². The maximum absolute atomic E-state index is 12.2. The molecule has 5 heteroatoms. The summed E-state index contributed by atoms with van der Waals surface area (Å²) in [6, 6.07) is 8.48. The predicted octanol–water partition coefficient (Wildman–Crippen LogP) is 1.67. The Morgan fingerprint density at radius 2 is 1.96 bits per heavy atom. The third-order valence-electron chi connectivity index (χ3n) is 4.32. The number of rotatable bonds is 6. The zero-order valence-electron chi connectivity index (χ0n) is 14.5. The molecule has 0 saturated carbocycles. The number of carbonyl (C=O) groups excluding carboxylic acids is 2. The van der Waals surface area contributed by atoms with Crippen molar-refractivity contribution in [3.8, 4) is 0 Å². The van der Waals surface area contributed by atoms with E-state index in [9.17, 15) is 9.59 Å². The van der Waals surface area contributed by atoms with Crippen LogP contribution in [0.15, 0.2) is 24.3 Å². The minimum Gasteiger partial charge on any atom is -0.378 e. The van der Waals surface area contributed by atoms with E-state index in [0.29, 0.717) is 19.5 Å². The number of nitrogens with zero attached hydrogens (tertiary/aromatic N) is 2. The van der Waals surface area contributed by atoms with E-state index in [1.165, 1.54) is 5.56 Å². The summed E-state index contributed by atoms with van der Waals surface area (Å²) in [5, 5.41) is 2.96. The molecule has 1 N–H and O–H groups in total. The van der Waals surface area contributed by atoms with E-state index in [0.717, 1.165) is 12.1 Å². The zero-order valence-corrected chi connectivity index (χ0v) is 14.5. The van der Waals surface area contributed by atoms with Gasteiger partial charge in [0, 0.05) is 45.3 Å². The van der Waals surface area contributed by atoms with Gasteiger partial charge in [-0.1, -0.05) is 12.1 Å². The Balaban J connectivity index is 1.78. The molecule has 0 aromatic heterocycles. The zero-order chi connectivity index (χ0) is 17.0. The molecule has 0 spiro atoms. The van der Waals surface area contributed by atoms with E-state index >= 15 is 0 Å². The van der Waals surface area contributed by atoms with E-state index in [2.05, 4.69) is 34.5 Å². The van der Waals surface area contributed by atoms with Gasteiger partial charge in [-0.05, 0) is 38.0 Å². The van der Waals surface area contributed by atoms with Gasteiger partial charge in [-0.25, -0.2) is 0 Å². The topological polar surface area (TPSA) is 52.7 Å². The summed E-state index contributed by atoms with van der Waals surface area (Å²) in [5.74, 6) is -0.133. The van der Waals surface area contributed by atoms with Crippen molar-refractivity contribution < 1.29 is 9.59 Å². The number of anilines is 1. The molecular weight excluding hydrogens is 290 g/mol. The summed E-state index contributed by atoms with van der Waals surface area (Å²) in [7, 11) is 4.02. The summed E-state index contributed by atoms with van der Waals surface area (Å²) in [5.41, 5.74) is 2.36. The minimum atomic E-state index is -0.207. The van der Waals surface area contributed by atoms with E-state index in [4.69, 9.17) is 0 Å². The van der Waals surface area contributed by atoms with Gasteiger partial charge in [0.15, 0.2) is 0 Å². The first-order valence-corrected chi connectivity index (χ1v) is 8.22. The van der Waals surface area contributed by atoms with Crippen LogP contribution in [0, 0.1) is 5.92 Å². The number of nitrogens with one attached hydrogen (secondary N) is 1. The lowest BCUT2D eigenvalue weighted by atomic mass is 10.1. The molecule has 0 bridgehead atoms. The molecule has 0 aliphatic carbocycles. The SMILES string of the molecule is CC(C)N1CC(C(=O)NCCc2ccc(N(C)C)cc2)CC1=O. The predicted molar refractivity (Wildman–Crippen MR) is 92.4 cm³/mol. The second kappa shape index (κ2) is 7.49. The average Bonchev–Trinajstić information content (AvgIpc) is 2.90. The lowest BCUT2D eigenvalue weighted by Crippen LogP contribution is -2.36. The number of likely N-dealkylation sites (tertiary alicyclic amines) is 1. The Hall–Kier alpha value is -2.04. The normalized spacial score (nSPS) is 17.7. The van der Waals surface area contributed by atoms with Crippen LogP contribution in [0.3, 0.4) is 0 Å². The maximum Gasteiger partial charge on any atom is 0.225 e. The Kier molecular flexibility index (Phi) is 5.64. The molecule has 5 nitrogen and oxygen atoms in total. The minimum absolute atomic E-state index is 0.00795. The fourth-order valence-corrected chi connectivity index (χ4v) is 2.84. The van der Waals surface area contributed by atoms with Crippen molar-refractivity contribution in [2.75, 3.05) is 32.1 Å². The van der Waals surface area contributed by atoms with Crippen LogP contribution in [0.2, 0.25) is 0 Å². The van der Waals surface area contributed by atoms with Crippen LogP contribution in [0.4, 0.5) is 5.69 Å². The standard InChI is InChI=1S/C18H27N3O2/c1-13(2)21-12-15(11-17(21)22)18(23)19-10-9-14-5-7-16(8-6-14)20(3)4/h5-8,13,15H,9-12H2,1-4H3,(H,19,23). The van der Waals surface area contributed by atoms with Gasteiger partial charge >= 0.3 is 0 Å². The molecule has 1 aromatic rings. The van der Waals surface area contributed by atoms with Gasteiger partial charge in [0.2, 0.25) is 11.8 Å². The first-order chi connectivity index (χ1) is 10.9. The largest absolute Gasteiger partial charge is 0.378 e. The Bertz CT molecular complexity index is 552. The highest BCUT2D eigenvalue weighted by Gasteiger charge is 2.35. The number of hydrogen-bond donors (Lipinski definition) is 1. The fraction of sp³-hybridized carbons (Fsp3) is 0.556. The van der Waals surface area contributed by atoms with E-state index in [1.807, 2.05) is 27.9 Å². The van der Waals surface area contributed by atoms with Gasteiger partial charge in [0.05, 0.1) is 5.92 Å². The Labute approximate surface area is 138 Å². The Morgan fingerprint density at radius 1 is 1.30 bits per heavy atom. The second-order valence-corrected chi connectivity index (χ2v) is 6.64. The molecule has 0 radical (unpaired) electrons. The lowest BCUT2D eigenvalue weighted by Gasteiger charge is -2.20. The van der Waals surface area contributed by atoms with Crippen LogP contribution in [0.1, 0.15) is 25.8 Å². The second-order valence-electron chi connectivity index (χ2n) is 6.64. The quantitative estimate of drug-likeness (QED) is 0.868. The molecule has 1 saturated heterocycles. The molecule has 1 fully saturated rings. The average molecular weight is 317 g/mol. The molecule has 1 aromatic carbocycles. The van der Waals surface area contributed by atoms with Gasteiger partial charge in [-0.2, -0.15) is 0 Å². The number of hydrogen-bond acceptors (Lipinski definition) is 3. The first kappa shape index (κ1) is 17.3. The molecule has 1 aliphatic heterocycles. The van der Waals surface area contributed by atoms with Crippen LogP contribution < -0.4 is 10.2 Å². The molecule has 2 amide bonds. The van der Waals surface area contributed by atoms with Crippen LogP contribution >= 0.6 is 0 Å². The summed E-state index contributed by atoms with van der Waals surface area (Å²) in [6.07, 6.45) is 1.13. The fourth-order valence-electron chi connectivity index (χ4n) is 2.84. The van der Waals surface area contributed by atoms with Crippen molar-refractivity contribution in [2.45, 2.75) is 32.7 Å². The lowest BCUT2D eigenvalue weighted by molar-refractivity contribution is -0.129. The molecular formula is C18H27N3O2. The van der Waals surface area contributed by atoms with E-state index < -0.39 is 0 Å². The maximum atomic E-state index is 12.2. The van der Waals surface area contributed by atoms with Crippen molar-refractivity contribution in [1.29, 1.82) is 0 Å². The van der Waals surface area contributed by atoms with Crippen molar-refractivity contribution in [1.82, 2.24) is 10.2 Å². The van der Waals surface area contributed by atoms with Gasteiger partial charge in [0.25, 0.3) is 0 Å². The highest BCUT2D eigenvalue weighted by Crippen LogP contribution is 2.20. The molecule has 1 aliphatic rings. The summed E-state index contributed by atoms with van der Waals surface area (Å²) in [6.45, 7) is 5.11. The first-order valence-electron chi connectivity index (χ1n) is 8.22. The van der Waals surface area contributed by atoms with Crippen LogP contribution in [0.5, 0.6) is 0 Å². The van der Waals surface area contributed by atoms with Gasteiger partial charge < -0.3 is 15.1 Å². The smallest absolute Gasteiger partial charge is 0.225 e. The third kappa shape index (κ3) is 4.47. The van der Waals surface area contributed by atoms with Gasteiger partial charge in [0.1, 0.15) is 0 Å². The Morgan fingerprint density at radius 3 is 2.48 bits per heavy atom. The van der Waals surface area contributed by atoms with Gasteiger partial charge in [-0.15, -0.1) is 0 Å². The van der Waals surface area contributed by atoms with Crippen LogP contribution in [-0.2, 0) is 16.0 Å². The third-order valence-corrected chi connectivity index (χ3v) is 4.32. The summed E-state index contributed by atoms with van der Waals surface area (Å²) in [4.78, 5) is 27.9. The molecule has 1 unspecified atom stereocenters. The van der Waals surface area contributed by atoms with E-state index in [-0.39, 0.29) is 23.8 Å². The molecule has 23 heavy (non-hydrogen) atoms. The highest BCUT2D eigenvalue weighted by molar-refractivity contribution is 5.89. The summed E-state index contributed by atoms with van der Waals surface area (Å²) < 4.78 is 0. The summed E-state index contributed by atoms with van der Waals surface area (Å²) >= 11 is 0. The molecule has 1 heterocycles. The molecule has 1 atom stereocenters. The van der Waals surface area contributed by atoms with Crippen molar-refractivity contribution in [3.05, 3.63) is 29.8 Å². The van der Waals surface area contributed by atoms with Crippen molar-refractivity contribution in [3.63, 3.8) is 0 Å². The highest BCUT2D eigenvalue weighted by atomic mass is 16.2. The molecule has 2 rings (SSSR count). The number of benzene rings is 1. The van der Waals surface area contributed by atoms with Crippen LogP contribution in [-0.4, -0.2) is 49.9 Å². The van der Waals surface area contributed by atoms with E-state index in [1.54, 1.807) is 4.90 Å². The monoisotopic (exact) mass is 317 g/mol. The van der Waals surface area contributed by atoms with Gasteiger partial charge in [-0.3, -0.25) is 9.59 Å².